The third-order valence-electron chi connectivity index (χ3n) is 3.85. The molecular weight excluding hydrogens is 216 g/mol. The van der Waals surface area contributed by atoms with Crippen LogP contribution in [-0.2, 0) is 9.53 Å². The number of methoxy groups -OCH3 is 1. The first-order valence-electron chi connectivity index (χ1n) is 6.18. The maximum atomic E-state index is 11.5. The second-order valence-corrected chi connectivity index (χ2v) is 5.74. The lowest BCUT2D eigenvalue weighted by molar-refractivity contribution is -0.147. The van der Waals surface area contributed by atoms with Crippen LogP contribution in [0.25, 0.3) is 0 Å². The largest absolute Gasteiger partial charge is 0.468 e. The fourth-order valence-electron chi connectivity index (χ4n) is 1.91. The zero-order chi connectivity index (χ0) is 13.9. The summed E-state index contributed by atoms with van der Waals surface area (Å²) in [4.78, 5) is 13.8. The Balaban J connectivity index is 4.65. The van der Waals surface area contributed by atoms with Gasteiger partial charge in [-0.1, -0.05) is 6.92 Å². The van der Waals surface area contributed by atoms with Gasteiger partial charge in [0.25, 0.3) is 0 Å². The smallest absolute Gasteiger partial charge is 0.325 e. The molecule has 0 rings (SSSR count). The number of carbonyl (C=O) groups is 1. The molecule has 0 radical (unpaired) electrons. The number of hydrogen-bond donors (Lipinski definition) is 1. The Morgan fingerprint density at radius 2 is 1.88 bits per heavy atom. The highest BCUT2D eigenvalue weighted by atomic mass is 16.5. The molecule has 2 N–H and O–H groups in total. The molecule has 2 atom stereocenters. The maximum Gasteiger partial charge on any atom is 0.325 e. The van der Waals surface area contributed by atoms with E-state index < -0.39 is 5.54 Å². The molecule has 0 saturated carbocycles. The lowest BCUT2D eigenvalue weighted by atomic mass is 9.90. The van der Waals surface area contributed by atoms with Crippen molar-refractivity contribution in [3.8, 4) is 0 Å². The predicted molar refractivity (Wildman–Crippen MR) is 70.8 cm³/mol. The molecule has 0 aliphatic rings. The van der Waals surface area contributed by atoms with Crippen LogP contribution in [0.15, 0.2) is 0 Å². The number of nitrogens with zero attached hydrogens (tertiary/aromatic N) is 1. The van der Waals surface area contributed by atoms with Crippen molar-refractivity contribution in [2.75, 3.05) is 14.2 Å². The molecule has 102 valence electrons. The summed E-state index contributed by atoms with van der Waals surface area (Å²) in [5.41, 5.74) is 5.17. The fraction of sp³-hybridized carbons (Fsp3) is 0.923. The maximum absolute atomic E-state index is 11.5. The molecule has 4 nitrogen and oxygen atoms in total. The van der Waals surface area contributed by atoms with Crippen LogP contribution in [0.2, 0.25) is 0 Å². The van der Waals surface area contributed by atoms with Gasteiger partial charge in [0.15, 0.2) is 0 Å². The van der Waals surface area contributed by atoms with E-state index in [0.717, 1.165) is 6.42 Å². The molecule has 0 saturated heterocycles. The highest BCUT2D eigenvalue weighted by molar-refractivity contribution is 5.79. The molecule has 0 amide bonds. The van der Waals surface area contributed by atoms with Gasteiger partial charge in [-0.25, -0.2) is 0 Å². The number of hydrogen-bond acceptors (Lipinski definition) is 4. The minimum Gasteiger partial charge on any atom is -0.468 e. The summed E-state index contributed by atoms with van der Waals surface area (Å²) in [6.45, 7) is 10.4. The molecule has 0 aliphatic carbocycles. The monoisotopic (exact) mass is 244 g/mol. The van der Waals surface area contributed by atoms with E-state index >= 15 is 0 Å². The first-order valence-corrected chi connectivity index (χ1v) is 6.18. The number of ether oxygens (including phenoxy) is 1. The fourth-order valence-corrected chi connectivity index (χ4v) is 1.91. The minimum absolute atomic E-state index is 0.103. The van der Waals surface area contributed by atoms with E-state index in [1.165, 1.54) is 7.11 Å². The molecule has 4 heteroatoms. The van der Waals surface area contributed by atoms with Gasteiger partial charge in [-0.05, 0) is 47.6 Å². The van der Waals surface area contributed by atoms with Crippen LogP contribution in [0.5, 0.6) is 0 Å². The van der Waals surface area contributed by atoms with E-state index in [2.05, 4.69) is 39.6 Å². The van der Waals surface area contributed by atoms with Gasteiger partial charge in [-0.3, -0.25) is 9.69 Å². The van der Waals surface area contributed by atoms with E-state index in [1.54, 1.807) is 6.92 Å². The lowest BCUT2D eigenvalue weighted by Gasteiger charge is -2.41. The SMILES string of the molecule is CCC(C)(C)N(C)C(C)CC(C)(N)C(=O)OC. The zero-order valence-corrected chi connectivity index (χ0v) is 12.3. The van der Waals surface area contributed by atoms with Crippen molar-refractivity contribution in [1.29, 1.82) is 0 Å². The van der Waals surface area contributed by atoms with Crippen LogP contribution in [-0.4, -0.2) is 42.1 Å². The van der Waals surface area contributed by atoms with Crippen LogP contribution in [0.4, 0.5) is 0 Å². The topological polar surface area (TPSA) is 55.6 Å². The number of carbonyl (C=O) groups excluding carboxylic acids is 1. The van der Waals surface area contributed by atoms with Crippen molar-refractivity contribution in [2.24, 2.45) is 5.73 Å². The van der Waals surface area contributed by atoms with Gasteiger partial charge in [0.05, 0.1) is 7.11 Å². The first kappa shape index (κ1) is 16.4. The Labute approximate surface area is 105 Å². The molecule has 2 unspecified atom stereocenters. The zero-order valence-electron chi connectivity index (χ0n) is 12.3. The minimum atomic E-state index is -0.924. The van der Waals surface area contributed by atoms with Crippen molar-refractivity contribution in [3.63, 3.8) is 0 Å². The van der Waals surface area contributed by atoms with Crippen LogP contribution in [0.3, 0.4) is 0 Å². The van der Waals surface area contributed by atoms with Gasteiger partial charge in [-0.15, -0.1) is 0 Å². The van der Waals surface area contributed by atoms with Crippen LogP contribution < -0.4 is 5.73 Å². The molecule has 17 heavy (non-hydrogen) atoms. The average Bonchev–Trinajstić information content (AvgIpc) is 2.25. The molecule has 0 aromatic heterocycles. The molecule has 0 fully saturated rings. The van der Waals surface area contributed by atoms with E-state index in [-0.39, 0.29) is 17.6 Å². The summed E-state index contributed by atoms with van der Waals surface area (Å²) >= 11 is 0. The van der Waals surface area contributed by atoms with Crippen LogP contribution in [0, 0.1) is 0 Å². The average molecular weight is 244 g/mol. The second-order valence-electron chi connectivity index (χ2n) is 5.74. The Kier molecular flexibility index (Phi) is 5.62. The van der Waals surface area contributed by atoms with Crippen molar-refractivity contribution in [2.45, 2.75) is 64.6 Å². The highest BCUT2D eigenvalue weighted by Crippen LogP contribution is 2.23. The summed E-state index contributed by atoms with van der Waals surface area (Å²) < 4.78 is 4.73. The number of esters is 1. The molecule has 0 bridgehead atoms. The molecule has 0 aromatic carbocycles. The first-order chi connectivity index (χ1) is 7.58. The Hall–Kier alpha value is -0.610. The summed E-state index contributed by atoms with van der Waals surface area (Å²) in [6, 6.07) is 0.221. The Bertz CT molecular complexity index is 262. The Morgan fingerprint density at radius 1 is 1.41 bits per heavy atom. The van der Waals surface area contributed by atoms with Crippen molar-refractivity contribution in [1.82, 2.24) is 4.90 Å². The highest BCUT2D eigenvalue weighted by Gasteiger charge is 2.35. The van der Waals surface area contributed by atoms with Gasteiger partial charge in [0.2, 0.25) is 0 Å². The second kappa shape index (κ2) is 5.83. The normalized spacial score (nSPS) is 17.7. The van der Waals surface area contributed by atoms with Crippen LogP contribution >= 0.6 is 0 Å². The van der Waals surface area contributed by atoms with Crippen molar-refractivity contribution in [3.05, 3.63) is 0 Å². The van der Waals surface area contributed by atoms with E-state index in [4.69, 9.17) is 10.5 Å². The van der Waals surface area contributed by atoms with E-state index in [9.17, 15) is 4.79 Å². The van der Waals surface area contributed by atoms with Crippen molar-refractivity contribution >= 4 is 5.97 Å². The van der Waals surface area contributed by atoms with Crippen LogP contribution in [0.1, 0.15) is 47.5 Å². The summed E-state index contributed by atoms with van der Waals surface area (Å²) in [7, 11) is 3.44. The van der Waals surface area contributed by atoms with Gasteiger partial charge < -0.3 is 10.5 Å². The molecular formula is C13H28N2O2. The standard InChI is InChI=1S/C13H28N2O2/c1-8-12(3,4)15(6)10(2)9-13(5,14)11(16)17-7/h10H,8-9,14H2,1-7H3. The quantitative estimate of drug-likeness (QED) is 0.724. The molecule has 0 aliphatic heterocycles. The predicted octanol–water partition coefficient (Wildman–Crippen LogP) is 1.78. The molecule has 0 aromatic rings. The summed E-state index contributed by atoms with van der Waals surface area (Å²) in [5.74, 6) is -0.355. The third kappa shape index (κ3) is 4.28. The summed E-state index contributed by atoms with van der Waals surface area (Å²) in [6.07, 6.45) is 1.63. The third-order valence-corrected chi connectivity index (χ3v) is 3.85. The van der Waals surface area contributed by atoms with E-state index in [1.807, 2.05) is 0 Å². The molecule has 0 heterocycles. The van der Waals surface area contributed by atoms with Gasteiger partial charge >= 0.3 is 5.97 Å². The van der Waals surface area contributed by atoms with Crippen molar-refractivity contribution < 1.29 is 9.53 Å². The summed E-state index contributed by atoms with van der Waals surface area (Å²) in [5, 5.41) is 0. The van der Waals surface area contributed by atoms with Gasteiger partial charge in [0, 0.05) is 11.6 Å². The number of nitrogens with two attached hydrogens (primary N) is 1. The molecule has 0 spiro atoms. The lowest BCUT2D eigenvalue weighted by Crippen LogP contribution is -2.53. The Morgan fingerprint density at radius 3 is 2.24 bits per heavy atom. The van der Waals surface area contributed by atoms with Gasteiger partial charge in [0.1, 0.15) is 5.54 Å². The van der Waals surface area contributed by atoms with Gasteiger partial charge in [-0.2, -0.15) is 0 Å². The van der Waals surface area contributed by atoms with E-state index in [0.29, 0.717) is 6.42 Å². The number of rotatable bonds is 6.